The quantitative estimate of drug-likeness (QED) is 0.302. The maximum Gasteiger partial charge on any atom is 0.332 e. The fraction of sp³-hybridized carbons (Fsp3) is 0.364. The lowest BCUT2D eigenvalue weighted by atomic mass is 10.2. The Morgan fingerprint density at radius 3 is 1.19 bits per heavy atom. The van der Waals surface area contributed by atoms with Gasteiger partial charge in [0.2, 0.25) is 0 Å². The summed E-state index contributed by atoms with van der Waals surface area (Å²) < 4.78 is 23.2. The molecule has 0 atom stereocenters. The van der Waals surface area contributed by atoms with Gasteiger partial charge in [0, 0.05) is 12.1 Å². The molecule has 0 fully saturated rings. The van der Waals surface area contributed by atoms with Crippen molar-refractivity contribution < 1.29 is 38.1 Å². The molecule has 0 aliphatic rings. The van der Waals surface area contributed by atoms with Crippen LogP contribution >= 0.6 is 0 Å². The highest BCUT2D eigenvalue weighted by molar-refractivity contribution is 6.64. The summed E-state index contributed by atoms with van der Waals surface area (Å²) in [6, 6.07) is 8.62. The normalized spacial score (nSPS) is 11.8. The maximum absolute atomic E-state index is 9.53. The summed E-state index contributed by atoms with van der Waals surface area (Å²) in [5, 5.41) is 38.1. The number of hydrogen-bond acceptors (Lipinski definition) is 8. The third kappa shape index (κ3) is 9.74. The van der Waals surface area contributed by atoms with Crippen molar-refractivity contribution in [3.05, 3.63) is 47.5 Å². The predicted octanol–water partition coefficient (Wildman–Crippen LogP) is 3.68. The summed E-state index contributed by atoms with van der Waals surface area (Å²) in [7, 11) is -4.88. The Kier molecular flexibility index (Phi) is 9.14. The van der Waals surface area contributed by atoms with E-state index >= 15 is 0 Å². The lowest BCUT2D eigenvalue weighted by molar-refractivity contribution is 0.185. The average molecular weight is 479 g/mol. The van der Waals surface area contributed by atoms with Crippen LogP contribution in [0.4, 0.5) is 0 Å². The fourth-order valence-corrected chi connectivity index (χ4v) is 4.63. The zero-order chi connectivity index (χ0) is 23.8. The Morgan fingerprint density at radius 1 is 0.562 bits per heavy atom. The SMILES string of the molecule is C[Si](C)(OCC#CCO[Si](C)(C)OCc1cc(O)cc(O)c1)OCc1cc(O)cc(O)c1. The van der Waals surface area contributed by atoms with Crippen LogP contribution in [0.25, 0.3) is 0 Å². The lowest BCUT2D eigenvalue weighted by Crippen LogP contribution is -2.35. The van der Waals surface area contributed by atoms with Gasteiger partial charge in [0.15, 0.2) is 0 Å². The summed E-state index contributed by atoms with van der Waals surface area (Å²) in [4.78, 5) is 0. The zero-order valence-electron chi connectivity index (χ0n) is 18.7. The first-order chi connectivity index (χ1) is 14.9. The standard InChI is InChI=1S/C22H30O8Si2/c1-31(2,29-15-17-9-19(23)13-20(24)10-17)27-7-5-6-8-28-32(3,4)30-16-18-11-21(25)14-22(26)12-18/h9-14,23-26H,7-8,15-16H2,1-4H3. The second kappa shape index (κ2) is 11.4. The first kappa shape index (κ1) is 25.7. The second-order valence-electron chi connectivity index (χ2n) is 8.02. The molecule has 0 bridgehead atoms. The van der Waals surface area contributed by atoms with Crippen molar-refractivity contribution in [1.29, 1.82) is 0 Å². The predicted molar refractivity (Wildman–Crippen MR) is 124 cm³/mol. The Balaban J connectivity index is 1.70. The summed E-state index contributed by atoms with van der Waals surface area (Å²) in [6.07, 6.45) is 0. The van der Waals surface area contributed by atoms with Gasteiger partial charge in [-0.2, -0.15) is 0 Å². The van der Waals surface area contributed by atoms with Gasteiger partial charge in [-0.05, 0) is 61.6 Å². The summed E-state index contributed by atoms with van der Waals surface area (Å²) in [5.74, 6) is 5.70. The zero-order valence-corrected chi connectivity index (χ0v) is 20.7. The first-order valence-corrected chi connectivity index (χ1v) is 15.6. The minimum absolute atomic E-state index is 0.0228. The maximum atomic E-state index is 9.53. The van der Waals surface area contributed by atoms with E-state index in [9.17, 15) is 20.4 Å². The molecule has 0 saturated heterocycles. The summed E-state index contributed by atoms with van der Waals surface area (Å²) in [5.41, 5.74) is 1.30. The lowest BCUT2D eigenvalue weighted by Gasteiger charge is -2.22. The molecular formula is C22H30O8Si2. The Morgan fingerprint density at radius 2 is 0.875 bits per heavy atom. The third-order valence-electron chi connectivity index (χ3n) is 4.21. The molecule has 0 amide bonds. The number of hydrogen-bond donors (Lipinski definition) is 4. The molecule has 2 rings (SSSR count). The van der Waals surface area contributed by atoms with Crippen molar-refractivity contribution in [2.24, 2.45) is 0 Å². The molecule has 0 aromatic heterocycles. The first-order valence-electron chi connectivity index (χ1n) is 9.99. The van der Waals surface area contributed by atoms with Gasteiger partial charge in [0.25, 0.3) is 0 Å². The molecule has 10 heteroatoms. The Bertz CT molecular complexity index is 850. The van der Waals surface area contributed by atoms with E-state index in [1.54, 1.807) is 0 Å². The van der Waals surface area contributed by atoms with Crippen LogP contribution in [0.3, 0.4) is 0 Å². The van der Waals surface area contributed by atoms with E-state index in [1.165, 1.54) is 36.4 Å². The van der Waals surface area contributed by atoms with Gasteiger partial charge in [0.1, 0.15) is 23.0 Å². The topological polar surface area (TPSA) is 118 Å². The second-order valence-corrected chi connectivity index (χ2v) is 14.8. The van der Waals surface area contributed by atoms with Crippen molar-refractivity contribution >= 4 is 17.1 Å². The van der Waals surface area contributed by atoms with Crippen molar-refractivity contribution in [3.63, 3.8) is 0 Å². The van der Waals surface area contributed by atoms with E-state index in [2.05, 4.69) is 11.8 Å². The number of rotatable bonds is 10. The molecule has 0 unspecified atom stereocenters. The minimum atomic E-state index is -2.44. The largest absolute Gasteiger partial charge is 0.508 e. The molecule has 174 valence electrons. The third-order valence-corrected chi connectivity index (χ3v) is 7.56. The highest BCUT2D eigenvalue weighted by Gasteiger charge is 2.25. The molecule has 32 heavy (non-hydrogen) atoms. The molecule has 0 radical (unpaired) electrons. The Labute approximate surface area is 190 Å². The van der Waals surface area contributed by atoms with E-state index in [0.717, 1.165) is 0 Å². The molecule has 0 spiro atoms. The van der Waals surface area contributed by atoms with Crippen LogP contribution in [-0.4, -0.2) is 50.8 Å². The monoisotopic (exact) mass is 478 g/mol. The van der Waals surface area contributed by atoms with Gasteiger partial charge < -0.3 is 38.1 Å². The van der Waals surface area contributed by atoms with E-state index in [-0.39, 0.29) is 49.4 Å². The molecular weight excluding hydrogens is 448 g/mol. The average Bonchev–Trinajstić information content (AvgIpc) is 2.66. The van der Waals surface area contributed by atoms with Gasteiger partial charge in [-0.15, -0.1) is 0 Å². The van der Waals surface area contributed by atoms with Gasteiger partial charge in [0.05, 0.1) is 26.4 Å². The molecule has 0 aliphatic carbocycles. The van der Waals surface area contributed by atoms with Gasteiger partial charge >= 0.3 is 17.1 Å². The number of phenols is 4. The van der Waals surface area contributed by atoms with Crippen LogP contribution in [0, 0.1) is 11.8 Å². The fourth-order valence-electron chi connectivity index (χ4n) is 2.60. The van der Waals surface area contributed by atoms with Gasteiger partial charge in [-0.1, -0.05) is 11.8 Å². The van der Waals surface area contributed by atoms with Gasteiger partial charge in [-0.25, -0.2) is 0 Å². The molecule has 0 heterocycles. The molecule has 0 aliphatic heterocycles. The van der Waals surface area contributed by atoms with E-state index in [0.29, 0.717) is 11.1 Å². The van der Waals surface area contributed by atoms with Crippen molar-refractivity contribution in [2.75, 3.05) is 13.2 Å². The minimum Gasteiger partial charge on any atom is -0.508 e. The number of benzene rings is 2. The van der Waals surface area contributed by atoms with Crippen LogP contribution in [0.5, 0.6) is 23.0 Å². The Hall–Kier alpha value is -2.53. The number of phenolic OH excluding ortho intramolecular Hbond substituents is 4. The van der Waals surface area contributed by atoms with Crippen LogP contribution in [0.1, 0.15) is 11.1 Å². The molecule has 4 N–H and O–H groups in total. The highest BCUT2D eigenvalue weighted by atomic mass is 28.4. The molecule has 0 saturated carbocycles. The highest BCUT2D eigenvalue weighted by Crippen LogP contribution is 2.23. The van der Waals surface area contributed by atoms with Crippen molar-refractivity contribution in [3.8, 4) is 34.8 Å². The molecule has 8 nitrogen and oxygen atoms in total. The van der Waals surface area contributed by atoms with Crippen LogP contribution in [0.2, 0.25) is 26.2 Å². The van der Waals surface area contributed by atoms with Crippen molar-refractivity contribution in [1.82, 2.24) is 0 Å². The van der Waals surface area contributed by atoms with Crippen LogP contribution in [0.15, 0.2) is 36.4 Å². The number of aromatic hydroxyl groups is 4. The van der Waals surface area contributed by atoms with Gasteiger partial charge in [-0.3, -0.25) is 0 Å². The van der Waals surface area contributed by atoms with Crippen LogP contribution in [-0.2, 0) is 30.9 Å². The van der Waals surface area contributed by atoms with E-state index in [1.807, 2.05) is 26.2 Å². The summed E-state index contributed by atoms with van der Waals surface area (Å²) >= 11 is 0. The summed E-state index contributed by atoms with van der Waals surface area (Å²) in [6.45, 7) is 8.36. The van der Waals surface area contributed by atoms with E-state index < -0.39 is 17.1 Å². The molecule has 2 aromatic carbocycles. The smallest absolute Gasteiger partial charge is 0.332 e. The van der Waals surface area contributed by atoms with Crippen molar-refractivity contribution in [2.45, 2.75) is 39.4 Å². The van der Waals surface area contributed by atoms with Crippen LogP contribution < -0.4 is 0 Å². The van der Waals surface area contributed by atoms with E-state index in [4.69, 9.17) is 17.7 Å². The molecule has 2 aromatic rings.